The molecule has 4 heteroatoms. The van der Waals surface area contributed by atoms with E-state index >= 15 is 0 Å². The van der Waals surface area contributed by atoms with Gasteiger partial charge in [0.1, 0.15) is 0 Å². The van der Waals surface area contributed by atoms with Gasteiger partial charge in [0.2, 0.25) is 0 Å². The van der Waals surface area contributed by atoms with Crippen molar-refractivity contribution in [2.24, 2.45) is 0 Å². The van der Waals surface area contributed by atoms with Crippen molar-refractivity contribution in [2.75, 3.05) is 0 Å². The maximum Gasteiger partial charge on any atom is 0.366 e. The number of hydrogen-bond donors (Lipinski definition) is 1. The molecule has 0 saturated heterocycles. The third-order valence-electron chi connectivity index (χ3n) is 1.18. The minimum absolute atomic E-state index is 0.187. The van der Waals surface area contributed by atoms with E-state index in [-0.39, 0.29) is 6.61 Å². The summed E-state index contributed by atoms with van der Waals surface area (Å²) in [5.41, 5.74) is 0.893. The summed E-state index contributed by atoms with van der Waals surface area (Å²) in [6, 6.07) is 9.24. The minimum atomic E-state index is -2.47. The van der Waals surface area contributed by atoms with E-state index in [1.807, 2.05) is 30.3 Å². The smallest absolute Gasteiger partial charge is 0.298 e. The first-order chi connectivity index (χ1) is 5.29. The van der Waals surface area contributed by atoms with Crippen molar-refractivity contribution in [1.82, 2.24) is 0 Å². The first kappa shape index (κ1) is 8.34. The molecule has 0 saturated carbocycles. The highest BCUT2D eigenvalue weighted by molar-refractivity contribution is 7.32. The van der Waals surface area contributed by atoms with Crippen molar-refractivity contribution in [2.45, 2.75) is 6.61 Å². The Hall–Kier alpha value is -0.760. The van der Waals surface area contributed by atoms with Gasteiger partial charge in [0.25, 0.3) is 0 Å². The Morgan fingerprint density at radius 2 is 2.00 bits per heavy atom. The van der Waals surface area contributed by atoms with E-state index in [9.17, 15) is 4.57 Å². The average Bonchev–Trinajstić information content (AvgIpc) is 2.03. The zero-order chi connectivity index (χ0) is 8.10. The fraction of sp³-hybridized carbons (Fsp3) is 0.143. The lowest BCUT2D eigenvalue weighted by atomic mass is 10.2. The third kappa shape index (κ3) is 3.23. The molecule has 0 aliphatic rings. The number of hydrogen-bond acceptors (Lipinski definition) is 2. The Morgan fingerprint density at radius 1 is 1.36 bits per heavy atom. The van der Waals surface area contributed by atoms with Crippen LogP contribution in [0.5, 0.6) is 0 Å². The Labute approximate surface area is 65.6 Å². The van der Waals surface area contributed by atoms with E-state index in [1.54, 1.807) is 0 Å². The molecule has 0 fully saturated rings. The second-order valence-corrected chi connectivity index (χ2v) is 2.73. The van der Waals surface area contributed by atoms with Crippen LogP contribution in [0.15, 0.2) is 30.3 Å². The van der Waals surface area contributed by atoms with Crippen molar-refractivity contribution in [3.05, 3.63) is 35.9 Å². The van der Waals surface area contributed by atoms with E-state index in [0.717, 1.165) is 5.56 Å². The average molecular weight is 171 g/mol. The molecular formula is C7H8O3P. The molecule has 1 N–H and O–H groups in total. The molecule has 1 aromatic rings. The van der Waals surface area contributed by atoms with Gasteiger partial charge in [-0.2, -0.15) is 0 Å². The van der Waals surface area contributed by atoms with E-state index in [2.05, 4.69) is 4.52 Å². The van der Waals surface area contributed by atoms with Crippen LogP contribution in [0.25, 0.3) is 0 Å². The molecule has 0 amide bonds. The topological polar surface area (TPSA) is 46.5 Å². The van der Waals surface area contributed by atoms with Gasteiger partial charge in [-0.15, -0.1) is 0 Å². The van der Waals surface area contributed by atoms with Gasteiger partial charge in [-0.05, 0) is 5.56 Å². The van der Waals surface area contributed by atoms with Crippen molar-refractivity contribution in [3.8, 4) is 0 Å². The molecule has 0 aliphatic carbocycles. The second kappa shape index (κ2) is 4.19. The summed E-state index contributed by atoms with van der Waals surface area (Å²) in [4.78, 5) is 8.30. The summed E-state index contributed by atoms with van der Waals surface area (Å²) in [6.45, 7) is 0.187. The molecule has 59 valence electrons. The highest BCUT2D eigenvalue weighted by atomic mass is 31.1. The maximum atomic E-state index is 10.1. The molecule has 3 nitrogen and oxygen atoms in total. The monoisotopic (exact) mass is 171 g/mol. The molecule has 0 aliphatic heterocycles. The minimum Gasteiger partial charge on any atom is -0.298 e. The van der Waals surface area contributed by atoms with Gasteiger partial charge in [0, 0.05) is 0 Å². The van der Waals surface area contributed by atoms with Gasteiger partial charge in [-0.3, -0.25) is 9.42 Å². The summed E-state index contributed by atoms with van der Waals surface area (Å²) in [5, 5.41) is 0. The molecule has 1 rings (SSSR count). The highest BCUT2D eigenvalue weighted by Gasteiger charge is 1.94. The van der Waals surface area contributed by atoms with Crippen LogP contribution in [0.4, 0.5) is 0 Å². The molecule has 0 bridgehead atoms. The van der Waals surface area contributed by atoms with Crippen molar-refractivity contribution in [3.63, 3.8) is 0 Å². The molecule has 1 aromatic carbocycles. The van der Waals surface area contributed by atoms with Crippen LogP contribution in [-0.4, -0.2) is 4.89 Å². The standard InChI is InChI=1S/C7H8O3P/c8-11(9)10-6-7-4-2-1-3-5-7/h1-5H,6H2,(H,8,9). The SMILES string of the molecule is O=[P](O)OCc1ccccc1. The van der Waals surface area contributed by atoms with Gasteiger partial charge < -0.3 is 0 Å². The molecule has 0 spiro atoms. The van der Waals surface area contributed by atoms with Crippen molar-refractivity contribution >= 4 is 8.25 Å². The quantitative estimate of drug-likeness (QED) is 0.706. The first-order valence-electron chi connectivity index (χ1n) is 3.12. The highest BCUT2D eigenvalue weighted by Crippen LogP contribution is 2.17. The van der Waals surface area contributed by atoms with Crippen LogP contribution in [0.3, 0.4) is 0 Å². The Bertz CT molecular complexity index is 235. The lowest BCUT2D eigenvalue weighted by Gasteiger charge is -1.96. The van der Waals surface area contributed by atoms with Crippen molar-refractivity contribution in [1.29, 1.82) is 0 Å². The molecule has 1 radical (unpaired) electrons. The summed E-state index contributed by atoms with van der Waals surface area (Å²) >= 11 is 0. The second-order valence-electron chi connectivity index (χ2n) is 2.00. The molecule has 0 heterocycles. The summed E-state index contributed by atoms with van der Waals surface area (Å²) < 4.78 is 14.6. The largest absolute Gasteiger partial charge is 0.366 e. The van der Waals surface area contributed by atoms with Crippen LogP contribution in [0, 0.1) is 0 Å². The first-order valence-corrected chi connectivity index (χ1v) is 4.25. The van der Waals surface area contributed by atoms with E-state index < -0.39 is 8.25 Å². The lowest BCUT2D eigenvalue weighted by Crippen LogP contribution is -1.83. The van der Waals surface area contributed by atoms with Gasteiger partial charge in [-0.25, -0.2) is 4.57 Å². The zero-order valence-electron chi connectivity index (χ0n) is 5.80. The normalized spacial score (nSPS) is 11.2. The van der Waals surface area contributed by atoms with E-state index in [4.69, 9.17) is 4.89 Å². The predicted octanol–water partition coefficient (Wildman–Crippen LogP) is 1.85. The molecule has 11 heavy (non-hydrogen) atoms. The maximum absolute atomic E-state index is 10.1. The fourth-order valence-corrected chi connectivity index (χ4v) is 0.964. The molecular weight excluding hydrogens is 163 g/mol. The van der Waals surface area contributed by atoms with Gasteiger partial charge >= 0.3 is 8.25 Å². The van der Waals surface area contributed by atoms with Crippen LogP contribution in [0.1, 0.15) is 5.56 Å². The zero-order valence-corrected chi connectivity index (χ0v) is 6.70. The van der Waals surface area contributed by atoms with Crippen LogP contribution in [-0.2, 0) is 15.7 Å². The van der Waals surface area contributed by atoms with Gasteiger partial charge in [0.05, 0.1) is 6.61 Å². The molecule has 1 unspecified atom stereocenters. The molecule has 0 aromatic heterocycles. The Kier molecular flexibility index (Phi) is 3.17. The lowest BCUT2D eigenvalue weighted by molar-refractivity contribution is 0.272. The number of benzene rings is 1. The number of rotatable bonds is 3. The van der Waals surface area contributed by atoms with Gasteiger partial charge in [-0.1, -0.05) is 30.3 Å². The molecule has 1 atom stereocenters. The van der Waals surface area contributed by atoms with Crippen molar-refractivity contribution < 1.29 is 14.0 Å². The van der Waals surface area contributed by atoms with E-state index in [0.29, 0.717) is 0 Å². The fourth-order valence-electron chi connectivity index (χ4n) is 0.704. The Morgan fingerprint density at radius 3 is 2.55 bits per heavy atom. The summed E-state index contributed by atoms with van der Waals surface area (Å²) in [5.74, 6) is 0. The van der Waals surface area contributed by atoms with Crippen LogP contribution in [0.2, 0.25) is 0 Å². The van der Waals surface area contributed by atoms with Crippen LogP contribution < -0.4 is 0 Å². The summed E-state index contributed by atoms with van der Waals surface area (Å²) in [7, 11) is -2.47. The van der Waals surface area contributed by atoms with Gasteiger partial charge in [0.15, 0.2) is 0 Å². The Balaban J connectivity index is 2.45. The third-order valence-corrected chi connectivity index (χ3v) is 1.53. The predicted molar refractivity (Wildman–Crippen MR) is 41.1 cm³/mol. The van der Waals surface area contributed by atoms with E-state index in [1.165, 1.54) is 0 Å². The summed E-state index contributed by atoms with van der Waals surface area (Å²) in [6.07, 6.45) is 0. The van der Waals surface area contributed by atoms with Crippen LogP contribution >= 0.6 is 8.25 Å².